The highest BCUT2D eigenvalue weighted by atomic mass is 16.1. The number of hydrogen-bond acceptors (Lipinski definition) is 3. The van der Waals surface area contributed by atoms with E-state index in [-0.39, 0.29) is 17.0 Å². The summed E-state index contributed by atoms with van der Waals surface area (Å²) in [5.74, 6) is 0.649. The molecule has 0 amide bonds. The van der Waals surface area contributed by atoms with Crippen molar-refractivity contribution in [1.29, 1.82) is 0 Å². The molecule has 0 saturated carbocycles. The van der Waals surface area contributed by atoms with Gasteiger partial charge in [-0.25, -0.2) is 0 Å². The summed E-state index contributed by atoms with van der Waals surface area (Å²) >= 11 is 0. The van der Waals surface area contributed by atoms with E-state index in [0.717, 1.165) is 32.1 Å². The van der Waals surface area contributed by atoms with Crippen LogP contribution in [0.5, 0.6) is 0 Å². The Kier molecular flexibility index (Phi) is 10.2. The molecule has 3 nitrogen and oxygen atoms in total. The smallest absolute Gasteiger partial charge is 0.133 e. The van der Waals surface area contributed by atoms with Crippen molar-refractivity contribution >= 4 is 17.3 Å². The van der Waals surface area contributed by atoms with E-state index >= 15 is 0 Å². The van der Waals surface area contributed by atoms with Crippen molar-refractivity contribution in [3.8, 4) is 0 Å². The number of Topliss-reactive ketones (excluding diaryl/α,β-unsaturated/α-hetero) is 3. The van der Waals surface area contributed by atoms with Crippen LogP contribution in [0.3, 0.4) is 0 Å². The largest absolute Gasteiger partial charge is 0.300 e. The maximum absolute atomic E-state index is 11.7. The Labute approximate surface area is 129 Å². The minimum Gasteiger partial charge on any atom is -0.300 e. The van der Waals surface area contributed by atoms with E-state index in [1.807, 2.05) is 0 Å². The molecule has 0 radical (unpaired) electrons. The van der Waals surface area contributed by atoms with Gasteiger partial charge in [-0.1, -0.05) is 40.0 Å². The molecule has 0 spiro atoms. The lowest BCUT2D eigenvalue weighted by molar-refractivity contribution is -0.123. The first-order valence-corrected chi connectivity index (χ1v) is 8.23. The van der Waals surface area contributed by atoms with Gasteiger partial charge in [0.05, 0.1) is 0 Å². The second-order valence-corrected chi connectivity index (χ2v) is 7.28. The van der Waals surface area contributed by atoms with Gasteiger partial charge in [-0.15, -0.1) is 0 Å². The zero-order chi connectivity index (χ0) is 16.3. The average molecular weight is 296 g/mol. The predicted octanol–water partition coefficient (Wildman–Crippen LogP) is 4.66. The van der Waals surface area contributed by atoms with Crippen LogP contribution in [0.25, 0.3) is 0 Å². The van der Waals surface area contributed by atoms with Crippen LogP contribution in [-0.2, 0) is 14.4 Å². The van der Waals surface area contributed by atoms with E-state index in [9.17, 15) is 14.4 Å². The van der Waals surface area contributed by atoms with Gasteiger partial charge in [0, 0.05) is 32.1 Å². The van der Waals surface area contributed by atoms with Gasteiger partial charge in [0.15, 0.2) is 0 Å². The first kappa shape index (κ1) is 20.0. The molecule has 0 heterocycles. The summed E-state index contributed by atoms with van der Waals surface area (Å²) in [5, 5.41) is 0. The van der Waals surface area contributed by atoms with E-state index in [1.54, 1.807) is 0 Å². The van der Waals surface area contributed by atoms with Crippen LogP contribution >= 0.6 is 0 Å². The molecule has 0 unspecified atom stereocenters. The van der Waals surface area contributed by atoms with Crippen molar-refractivity contribution < 1.29 is 14.4 Å². The molecule has 0 bridgehead atoms. The molecule has 0 rings (SSSR count). The van der Waals surface area contributed by atoms with Gasteiger partial charge in [-0.2, -0.15) is 0 Å². The van der Waals surface area contributed by atoms with Crippen molar-refractivity contribution in [1.82, 2.24) is 0 Å². The molecular formula is C18H32O3. The van der Waals surface area contributed by atoms with Crippen LogP contribution in [0.1, 0.15) is 91.9 Å². The molecular weight excluding hydrogens is 264 g/mol. The van der Waals surface area contributed by atoms with Crippen LogP contribution in [0.15, 0.2) is 0 Å². The average Bonchev–Trinajstić information content (AvgIpc) is 2.33. The second-order valence-electron chi connectivity index (χ2n) is 7.28. The maximum atomic E-state index is 11.7. The summed E-state index contributed by atoms with van der Waals surface area (Å²) in [4.78, 5) is 33.9. The summed E-state index contributed by atoms with van der Waals surface area (Å²) in [6.45, 7) is 7.80. The highest BCUT2D eigenvalue weighted by molar-refractivity contribution is 5.84. The Hall–Kier alpha value is -0.990. The number of unbranched alkanes of at least 4 members (excludes halogenated alkanes) is 4. The third-order valence-corrected chi connectivity index (χ3v) is 3.39. The fourth-order valence-electron chi connectivity index (χ4n) is 2.30. The first-order valence-electron chi connectivity index (χ1n) is 8.23. The van der Waals surface area contributed by atoms with Crippen LogP contribution in [-0.4, -0.2) is 17.3 Å². The summed E-state index contributed by atoms with van der Waals surface area (Å²) < 4.78 is 0. The molecule has 0 aromatic heterocycles. The number of carbonyl (C=O) groups is 3. The molecule has 0 aromatic carbocycles. The first-order chi connectivity index (χ1) is 9.70. The number of ketones is 3. The molecule has 0 aliphatic rings. The zero-order valence-electron chi connectivity index (χ0n) is 14.3. The third kappa shape index (κ3) is 15.2. The van der Waals surface area contributed by atoms with Gasteiger partial charge in [0.25, 0.3) is 0 Å². The normalized spacial score (nSPS) is 11.4. The molecule has 0 aliphatic heterocycles. The van der Waals surface area contributed by atoms with E-state index in [1.165, 1.54) is 6.92 Å². The van der Waals surface area contributed by atoms with Crippen LogP contribution in [0.4, 0.5) is 0 Å². The molecule has 122 valence electrons. The monoisotopic (exact) mass is 296 g/mol. The van der Waals surface area contributed by atoms with Crippen LogP contribution in [0.2, 0.25) is 0 Å². The molecule has 0 saturated heterocycles. The second kappa shape index (κ2) is 10.7. The van der Waals surface area contributed by atoms with Crippen molar-refractivity contribution in [2.24, 2.45) is 5.41 Å². The van der Waals surface area contributed by atoms with Crippen molar-refractivity contribution in [2.45, 2.75) is 91.9 Å². The van der Waals surface area contributed by atoms with Gasteiger partial charge in [-0.3, -0.25) is 9.59 Å². The lowest BCUT2D eigenvalue weighted by atomic mass is 9.88. The van der Waals surface area contributed by atoms with Gasteiger partial charge >= 0.3 is 0 Å². The summed E-state index contributed by atoms with van der Waals surface area (Å²) in [5.41, 5.74) is 0.0946. The Morgan fingerprint density at radius 1 is 0.667 bits per heavy atom. The molecule has 0 fully saturated rings. The van der Waals surface area contributed by atoms with Gasteiger partial charge in [0.2, 0.25) is 0 Å². The standard InChI is InChI=1S/C18H32O3/c1-15(19)12-13-16(20)10-8-6-5-7-9-11-17(21)14-18(2,3)4/h5-14H2,1-4H3. The fraction of sp³-hybridized carbons (Fsp3) is 0.833. The Balaban J connectivity index is 3.42. The third-order valence-electron chi connectivity index (χ3n) is 3.39. The summed E-state index contributed by atoms with van der Waals surface area (Å²) in [6.07, 6.45) is 7.80. The van der Waals surface area contributed by atoms with Crippen molar-refractivity contribution in [3.63, 3.8) is 0 Å². The Morgan fingerprint density at radius 2 is 1.14 bits per heavy atom. The zero-order valence-corrected chi connectivity index (χ0v) is 14.3. The van der Waals surface area contributed by atoms with Gasteiger partial charge < -0.3 is 4.79 Å². The van der Waals surface area contributed by atoms with Crippen molar-refractivity contribution in [3.05, 3.63) is 0 Å². The molecule has 0 aromatic rings. The minimum absolute atomic E-state index is 0.0864. The highest BCUT2D eigenvalue weighted by Gasteiger charge is 2.15. The topological polar surface area (TPSA) is 51.2 Å². The predicted molar refractivity (Wildman–Crippen MR) is 86.3 cm³/mol. The molecule has 0 aliphatic carbocycles. The Bertz CT molecular complexity index is 337. The Morgan fingerprint density at radius 3 is 1.62 bits per heavy atom. The number of carbonyl (C=O) groups excluding carboxylic acids is 3. The number of hydrogen-bond donors (Lipinski definition) is 0. The van der Waals surface area contributed by atoms with Gasteiger partial charge in [-0.05, 0) is 25.2 Å². The highest BCUT2D eigenvalue weighted by Crippen LogP contribution is 2.20. The maximum Gasteiger partial charge on any atom is 0.133 e. The molecule has 0 atom stereocenters. The lowest BCUT2D eigenvalue weighted by Gasteiger charge is -2.16. The molecule has 3 heteroatoms. The quantitative estimate of drug-likeness (QED) is 0.492. The van der Waals surface area contributed by atoms with Crippen molar-refractivity contribution in [2.75, 3.05) is 0 Å². The lowest BCUT2D eigenvalue weighted by Crippen LogP contribution is -2.12. The summed E-state index contributed by atoms with van der Waals surface area (Å²) in [7, 11) is 0. The molecule has 0 N–H and O–H groups in total. The van der Waals surface area contributed by atoms with Crippen LogP contribution in [0, 0.1) is 5.41 Å². The van der Waals surface area contributed by atoms with E-state index in [0.29, 0.717) is 37.9 Å². The van der Waals surface area contributed by atoms with Gasteiger partial charge in [0.1, 0.15) is 17.3 Å². The van der Waals surface area contributed by atoms with E-state index in [4.69, 9.17) is 0 Å². The summed E-state index contributed by atoms with van der Waals surface area (Å²) in [6, 6.07) is 0. The fourth-order valence-corrected chi connectivity index (χ4v) is 2.30. The van der Waals surface area contributed by atoms with E-state index < -0.39 is 0 Å². The molecule has 21 heavy (non-hydrogen) atoms. The minimum atomic E-state index is 0.0864. The van der Waals surface area contributed by atoms with E-state index in [2.05, 4.69) is 20.8 Å². The SMILES string of the molecule is CC(=O)CCC(=O)CCCCCCCC(=O)CC(C)(C)C. The van der Waals surface area contributed by atoms with Crippen LogP contribution < -0.4 is 0 Å². The number of rotatable bonds is 12.